The van der Waals surface area contributed by atoms with Crippen LogP contribution >= 0.6 is 23.1 Å². The van der Waals surface area contributed by atoms with Crippen LogP contribution in [0.5, 0.6) is 0 Å². The third-order valence-corrected chi connectivity index (χ3v) is 6.24. The first-order valence-electron chi connectivity index (χ1n) is 8.74. The molecule has 3 aromatic heterocycles. The number of rotatable bonds is 5. The van der Waals surface area contributed by atoms with E-state index in [1.54, 1.807) is 24.3 Å². The molecular weight excluding hydrogens is 392 g/mol. The van der Waals surface area contributed by atoms with E-state index < -0.39 is 0 Å². The van der Waals surface area contributed by atoms with Gasteiger partial charge in [0.1, 0.15) is 21.4 Å². The molecule has 3 heterocycles. The second-order valence-electron chi connectivity index (χ2n) is 6.34. The van der Waals surface area contributed by atoms with Gasteiger partial charge >= 0.3 is 0 Å². The van der Waals surface area contributed by atoms with E-state index in [-0.39, 0.29) is 11.2 Å². The molecule has 1 N–H and O–H groups in total. The number of fused-ring (bicyclic) bond motifs is 1. The van der Waals surface area contributed by atoms with E-state index in [1.165, 1.54) is 11.8 Å². The van der Waals surface area contributed by atoms with Crippen LogP contribution in [0.2, 0.25) is 0 Å². The van der Waals surface area contributed by atoms with Crippen LogP contribution in [0.15, 0.2) is 52.0 Å². The van der Waals surface area contributed by atoms with Crippen molar-refractivity contribution in [2.24, 2.45) is 0 Å². The average Bonchev–Trinajstić information content (AvgIpc) is 3.28. The molecule has 0 saturated carbocycles. The van der Waals surface area contributed by atoms with Crippen LogP contribution in [0.1, 0.15) is 18.5 Å². The van der Waals surface area contributed by atoms with Crippen LogP contribution < -0.4 is 5.32 Å². The van der Waals surface area contributed by atoms with E-state index in [1.807, 2.05) is 32.0 Å². The summed E-state index contributed by atoms with van der Waals surface area (Å²) in [6, 6.07) is 14.0. The van der Waals surface area contributed by atoms with E-state index in [0.717, 1.165) is 25.7 Å². The summed E-state index contributed by atoms with van der Waals surface area (Å²) < 4.78 is 4.99. The summed E-state index contributed by atoms with van der Waals surface area (Å²) in [6.07, 6.45) is 0. The molecule has 8 heteroatoms. The molecule has 4 aromatic rings. The molecule has 28 heavy (non-hydrogen) atoms. The SMILES string of the molecule is Cc1nc(S[C@H](C)C(=O)Nc2cc(C)on2)c2cc(-c3ccccc3)sc2n1. The van der Waals surface area contributed by atoms with Crippen LogP contribution in [0, 0.1) is 13.8 Å². The molecule has 0 fully saturated rings. The maximum absolute atomic E-state index is 12.5. The molecule has 0 spiro atoms. The Morgan fingerprint density at radius 3 is 2.68 bits per heavy atom. The topological polar surface area (TPSA) is 80.9 Å². The third-order valence-electron chi connectivity index (χ3n) is 4.06. The van der Waals surface area contributed by atoms with E-state index in [9.17, 15) is 4.79 Å². The highest BCUT2D eigenvalue weighted by Crippen LogP contribution is 2.37. The highest BCUT2D eigenvalue weighted by molar-refractivity contribution is 8.00. The molecule has 1 atom stereocenters. The summed E-state index contributed by atoms with van der Waals surface area (Å²) in [5.41, 5.74) is 1.14. The molecule has 0 radical (unpaired) electrons. The number of carbonyl (C=O) groups is 1. The van der Waals surface area contributed by atoms with Crippen LogP contribution in [0.25, 0.3) is 20.7 Å². The molecule has 0 aliphatic carbocycles. The van der Waals surface area contributed by atoms with Crippen molar-refractivity contribution in [1.29, 1.82) is 0 Å². The molecule has 0 aliphatic rings. The van der Waals surface area contributed by atoms with Gasteiger partial charge in [-0.15, -0.1) is 11.3 Å². The van der Waals surface area contributed by atoms with Gasteiger partial charge in [0.2, 0.25) is 5.91 Å². The fourth-order valence-electron chi connectivity index (χ4n) is 2.71. The van der Waals surface area contributed by atoms with E-state index in [2.05, 4.69) is 38.6 Å². The third kappa shape index (κ3) is 3.93. The van der Waals surface area contributed by atoms with E-state index in [0.29, 0.717) is 17.4 Å². The van der Waals surface area contributed by atoms with Crippen LogP contribution in [-0.2, 0) is 4.79 Å². The van der Waals surface area contributed by atoms with Gasteiger partial charge in [-0.05, 0) is 32.4 Å². The van der Waals surface area contributed by atoms with Gasteiger partial charge in [0.05, 0.1) is 5.25 Å². The fraction of sp³-hybridized carbons (Fsp3) is 0.200. The number of nitrogens with zero attached hydrogens (tertiary/aromatic N) is 3. The van der Waals surface area contributed by atoms with Crippen LogP contribution in [0.4, 0.5) is 5.82 Å². The zero-order valence-corrected chi connectivity index (χ0v) is 17.2. The molecule has 1 amide bonds. The number of nitrogens with one attached hydrogen (secondary N) is 1. The maximum Gasteiger partial charge on any atom is 0.238 e. The monoisotopic (exact) mass is 410 g/mol. The van der Waals surface area contributed by atoms with Gasteiger partial charge in [-0.2, -0.15) is 0 Å². The number of amides is 1. The Morgan fingerprint density at radius 2 is 1.96 bits per heavy atom. The maximum atomic E-state index is 12.5. The summed E-state index contributed by atoms with van der Waals surface area (Å²) in [7, 11) is 0. The molecular formula is C20H18N4O2S2. The standard InChI is InChI=1S/C20H18N4O2S2/c1-11-9-17(24-26-11)23-18(25)12(2)27-19-15-10-16(14-7-5-4-6-8-14)28-20(15)22-13(3)21-19/h4-10,12H,1-3H3,(H,23,24,25)/t12-/m1/s1. The molecule has 6 nitrogen and oxygen atoms in total. The first-order chi connectivity index (χ1) is 13.5. The van der Waals surface area contributed by atoms with Gasteiger partial charge in [-0.1, -0.05) is 47.3 Å². The first kappa shape index (κ1) is 18.6. The van der Waals surface area contributed by atoms with Crippen molar-refractivity contribution in [3.63, 3.8) is 0 Å². The minimum atomic E-state index is -0.352. The lowest BCUT2D eigenvalue weighted by Gasteiger charge is -2.10. The number of benzene rings is 1. The lowest BCUT2D eigenvalue weighted by molar-refractivity contribution is -0.115. The van der Waals surface area contributed by atoms with Gasteiger partial charge in [-0.25, -0.2) is 9.97 Å². The number of aromatic nitrogens is 3. The predicted octanol–water partition coefficient (Wildman–Crippen LogP) is 5.08. The zero-order valence-electron chi connectivity index (χ0n) is 15.6. The largest absolute Gasteiger partial charge is 0.360 e. The molecule has 0 unspecified atom stereocenters. The lowest BCUT2D eigenvalue weighted by Crippen LogP contribution is -2.22. The molecule has 0 saturated heterocycles. The van der Waals surface area contributed by atoms with Gasteiger partial charge in [0.15, 0.2) is 5.82 Å². The number of carbonyl (C=O) groups excluding carboxylic acids is 1. The predicted molar refractivity (Wildman–Crippen MR) is 113 cm³/mol. The molecule has 142 valence electrons. The molecule has 4 rings (SSSR count). The van der Waals surface area contributed by atoms with Crippen molar-refractivity contribution in [1.82, 2.24) is 15.1 Å². The summed E-state index contributed by atoms with van der Waals surface area (Å²) in [4.78, 5) is 23.7. The molecule has 1 aromatic carbocycles. The highest BCUT2D eigenvalue weighted by atomic mass is 32.2. The number of thioether (sulfide) groups is 1. The van der Waals surface area contributed by atoms with E-state index in [4.69, 9.17) is 4.52 Å². The second kappa shape index (κ2) is 7.73. The summed E-state index contributed by atoms with van der Waals surface area (Å²) in [5, 5.41) is 8.00. The average molecular weight is 411 g/mol. The molecule has 0 bridgehead atoms. The Bertz CT molecular complexity index is 1140. The Kier molecular flexibility index (Phi) is 5.15. The quantitative estimate of drug-likeness (QED) is 0.365. The zero-order chi connectivity index (χ0) is 19.7. The Balaban J connectivity index is 1.60. The minimum Gasteiger partial charge on any atom is -0.360 e. The van der Waals surface area contributed by atoms with Crippen molar-refractivity contribution in [2.75, 3.05) is 5.32 Å². The first-order valence-corrected chi connectivity index (χ1v) is 10.4. The van der Waals surface area contributed by atoms with Crippen molar-refractivity contribution in [3.8, 4) is 10.4 Å². The number of aryl methyl sites for hydroxylation is 2. The van der Waals surface area contributed by atoms with Crippen LogP contribution in [-0.4, -0.2) is 26.3 Å². The van der Waals surface area contributed by atoms with E-state index >= 15 is 0 Å². The number of anilines is 1. The Hall–Kier alpha value is -2.71. The second-order valence-corrected chi connectivity index (χ2v) is 8.70. The van der Waals surface area contributed by atoms with Crippen molar-refractivity contribution >= 4 is 45.0 Å². The summed E-state index contributed by atoms with van der Waals surface area (Å²) in [6.45, 7) is 5.50. The lowest BCUT2D eigenvalue weighted by atomic mass is 10.2. The van der Waals surface area contributed by atoms with Crippen LogP contribution in [0.3, 0.4) is 0 Å². The van der Waals surface area contributed by atoms with Gasteiger partial charge in [0, 0.05) is 16.3 Å². The van der Waals surface area contributed by atoms with Crippen molar-refractivity contribution < 1.29 is 9.32 Å². The van der Waals surface area contributed by atoms with Crippen molar-refractivity contribution in [3.05, 3.63) is 54.0 Å². The van der Waals surface area contributed by atoms with Crippen molar-refractivity contribution in [2.45, 2.75) is 31.0 Å². The van der Waals surface area contributed by atoms with Gasteiger partial charge in [-0.3, -0.25) is 4.79 Å². The minimum absolute atomic E-state index is 0.152. The highest BCUT2D eigenvalue weighted by Gasteiger charge is 2.20. The summed E-state index contributed by atoms with van der Waals surface area (Å²) in [5.74, 6) is 1.61. The fourth-order valence-corrected chi connectivity index (χ4v) is 4.82. The smallest absolute Gasteiger partial charge is 0.238 e. The normalized spacial score (nSPS) is 12.2. The number of hydrogen-bond donors (Lipinski definition) is 1. The number of hydrogen-bond acceptors (Lipinski definition) is 7. The van der Waals surface area contributed by atoms with Gasteiger partial charge in [0.25, 0.3) is 0 Å². The Labute approximate surface area is 170 Å². The molecule has 0 aliphatic heterocycles. The summed E-state index contributed by atoms with van der Waals surface area (Å²) >= 11 is 3.05. The Morgan fingerprint density at radius 1 is 1.18 bits per heavy atom. The number of thiophene rings is 1. The van der Waals surface area contributed by atoms with Gasteiger partial charge < -0.3 is 9.84 Å².